The summed E-state index contributed by atoms with van der Waals surface area (Å²) in [5.74, 6) is 0. The third kappa shape index (κ3) is 3.70. The Morgan fingerprint density at radius 1 is 0.840 bits per heavy atom. The van der Waals surface area contributed by atoms with Crippen LogP contribution in [-0.2, 0) is 4.43 Å². The van der Waals surface area contributed by atoms with E-state index in [1.165, 1.54) is 15.9 Å². The molecule has 0 fully saturated rings. The Morgan fingerprint density at radius 2 is 1.40 bits per heavy atom. The SMILES string of the molecule is CC(C)(C)[Si](OCC1=CCCC=C1)(c1ccccc1)c1ccccc1. The highest BCUT2D eigenvalue weighted by Crippen LogP contribution is 2.37. The number of allylic oxidation sites excluding steroid dienone is 2. The molecule has 0 aliphatic heterocycles. The van der Waals surface area contributed by atoms with Crippen LogP contribution in [0.2, 0.25) is 5.04 Å². The van der Waals surface area contributed by atoms with Gasteiger partial charge in [0.05, 0.1) is 6.61 Å². The largest absolute Gasteiger partial charge is 0.403 e. The van der Waals surface area contributed by atoms with Crippen LogP contribution >= 0.6 is 0 Å². The number of hydrogen-bond donors (Lipinski definition) is 0. The predicted octanol–water partition coefficient (Wildman–Crippen LogP) is 4.84. The Kier molecular flexibility index (Phi) is 5.41. The molecule has 1 aliphatic rings. The molecule has 0 aromatic heterocycles. The van der Waals surface area contributed by atoms with Gasteiger partial charge in [-0.05, 0) is 33.8 Å². The Bertz CT molecular complexity index is 699. The average Bonchev–Trinajstić information content (AvgIpc) is 2.64. The van der Waals surface area contributed by atoms with Gasteiger partial charge in [0.1, 0.15) is 0 Å². The summed E-state index contributed by atoms with van der Waals surface area (Å²) < 4.78 is 6.93. The summed E-state index contributed by atoms with van der Waals surface area (Å²) in [5, 5.41) is 2.72. The Balaban J connectivity index is 2.08. The minimum Gasteiger partial charge on any atom is -0.403 e. The van der Waals surface area contributed by atoms with E-state index in [0.29, 0.717) is 6.61 Å². The molecule has 25 heavy (non-hydrogen) atoms. The quantitative estimate of drug-likeness (QED) is 0.703. The molecule has 1 aliphatic carbocycles. The van der Waals surface area contributed by atoms with Crippen molar-refractivity contribution in [3.63, 3.8) is 0 Å². The molecule has 130 valence electrons. The van der Waals surface area contributed by atoms with Gasteiger partial charge in [-0.2, -0.15) is 0 Å². The lowest BCUT2D eigenvalue weighted by molar-refractivity contribution is 0.332. The van der Waals surface area contributed by atoms with Crippen LogP contribution in [0.25, 0.3) is 0 Å². The molecule has 2 heteroatoms. The molecule has 0 saturated heterocycles. The second-order valence-corrected chi connectivity index (χ2v) is 12.0. The second-order valence-electron chi connectivity index (χ2n) is 7.71. The number of hydrogen-bond acceptors (Lipinski definition) is 1. The lowest BCUT2D eigenvalue weighted by atomic mass is 10.1. The molecule has 2 aromatic carbocycles. The molecule has 0 N–H and O–H groups in total. The van der Waals surface area contributed by atoms with Crippen molar-refractivity contribution in [1.82, 2.24) is 0 Å². The lowest BCUT2D eigenvalue weighted by Crippen LogP contribution is -2.66. The van der Waals surface area contributed by atoms with Crippen molar-refractivity contribution >= 4 is 18.7 Å². The average molecular weight is 349 g/mol. The van der Waals surface area contributed by atoms with Crippen LogP contribution in [-0.4, -0.2) is 14.9 Å². The van der Waals surface area contributed by atoms with Gasteiger partial charge in [0.25, 0.3) is 8.32 Å². The first-order chi connectivity index (χ1) is 12.0. The van der Waals surface area contributed by atoms with Crippen LogP contribution in [0.4, 0.5) is 0 Å². The van der Waals surface area contributed by atoms with Crippen LogP contribution in [0, 0.1) is 0 Å². The fraction of sp³-hybridized carbons (Fsp3) is 0.304. The van der Waals surface area contributed by atoms with Crippen molar-refractivity contribution in [2.75, 3.05) is 6.61 Å². The molecule has 0 heterocycles. The van der Waals surface area contributed by atoms with Crippen molar-refractivity contribution in [1.29, 1.82) is 0 Å². The van der Waals surface area contributed by atoms with Gasteiger partial charge in [-0.3, -0.25) is 0 Å². The van der Waals surface area contributed by atoms with Crippen molar-refractivity contribution in [2.24, 2.45) is 0 Å². The second kappa shape index (κ2) is 7.55. The van der Waals surface area contributed by atoms with Gasteiger partial charge in [0, 0.05) is 0 Å². The van der Waals surface area contributed by atoms with E-state index in [2.05, 4.69) is 99.7 Å². The van der Waals surface area contributed by atoms with Crippen LogP contribution in [0.3, 0.4) is 0 Å². The fourth-order valence-corrected chi connectivity index (χ4v) is 8.27. The first-order valence-electron chi connectivity index (χ1n) is 9.14. The summed E-state index contributed by atoms with van der Waals surface area (Å²) in [6.45, 7) is 7.66. The maximum absolute atomic E-state index is 6.93. The predicted molar refractivity (Wildman–Crippen MR) is 110 cm³/mol. The Hall–Kier alpha value is -1.90. The zero-order chi connectivity index (χ0) is 17.8. The molecule has 0 amide bonds. The number of benzene rings is 2. The van der Waals surface area contributed by atoms with Crippen LogP contribution in [0.5, 0.6) is 0 Å². The van der Waals surface area contributed by atoms with E-state index in [4.69, 9.17) is 4.43 Å². The zero-order valence-electron chi connectivity index (χ0n) is 15.5. The highest BCUT2D eigenvalue weighted by Gasteiger charge is 2.50. The zero-order valence-corrected chi connectivity index (χ0v) is 16.5. The van der Waals surface area contributed by atoms with Gasteiger partial charge in [0.2, 0.25) is 0 Å². The summed E-state index contributed by atoms with van der Waals surface area (Å²) in [5.41, 5.74) is 1.30. The molecule has 1 nitrogen and oxygen atoms in total. The van der Waals surface area contributed by atoms with E-state index < -0.39 is 8.32 Å². The van der Waals surface area contributed by atoms with Gasteiger partial charge < -0.3 is 4.43 Å². The maximum Gasteiger partial charge on any atom is 0.261 e. The summed E-state index contributed by atoms with van der Waals surface area (Å²) >= 11 is 0. The van der Waals surface area contributed by atoms with Crippen LogP contribution < -0.4 is 10.4 Å². The van der Waals surface area contributed by atoms with Gasteiger partial charge >= 0.3 is 0 Å². The van der Waals surface area contributed by atoms with Crippen molar-refractivity contribution < 1.29 is 4.43 Å². The van der Waals surface area contributed by atoms with Crippen molar-refractivity contribution in [2.45, 2.75) is 38.7 Å². The monoisotopic (exact) mass is 348 g/mol. The third-order valence-corrected chi connectivity index (χ3v) is 9.93. The molecule has 0 atom stereocenters. The number of rotatable bonds is 5. The van der Waals surface area contributed by atoms with E-state index >= 15 is 0 Å². The molecular formula is C23H28OSi. The molecule has 2 aromatic rings. The topological polar surface area (TPSA) is 9.23 Å². The third-order valence-electron chi connectivity index (χ3n) is 4.94. The molecule has 0 saturated carbocycles. The van der Waals surface area contributed by atoms with Gasteiger partial charge in [-0.1, -0.05) is 99.7 Å². The molecule has 0 bridgehead atoms. The van der Waals surface area contributed by atoms with Gasteiger partial charge in [0.15, 0.2) is 0 Å². The van der Waals surface area contributed by atoms with E-state index in [0.717, 1.165) is 12.8 Å². The highest BCUT2D eigenvalue weighted by atomic mass is 28.4. The molecule has 0 spiro atoms. The summed E-state index contributed by atoms with van der Waals surface area (Å²) in [6.07, 6.45) is 9.06. The molecule has 0 radical (unpaired) electrons. The van der Waals surface area contributed by atoms with Crippen LogP contribution in [0.15, 0.2) is 84.5 Å². The van der Waals surface area contributed by atoms with Crippen LogP contribution in [0.1, 0.15) is 33.6 Å². The first kappa shape index (κ1) is 17.9. The summed E-state index contributed by atoms with van der Waals surface area (Å²) in [7, 11) is -2.41. The molecule has 3 rings (SSSR count). The van der Waals surface area contributed by atoms with E-state index in [1.54, 1.807) is 0 Å². The minimum absolute atomic E-state index is 0.0364. The van der Waals surface area contributed by atoms with Gasteiger partial charge in [-0.25, -0.2) is 0 Å². The summed E-state index contributed by atoms with van der Waals surface area (Å²) in [4.78, 5) is 0. The normalized spacial score (nSPS) is 15.1. The van der Waals surface area contributed by atoms with E-state index in [1.807, 2.05) is 0 Å². The minimum atomic E-state index is -2.41. The lowest BCUT2D eigenvalue weighted by Gasteiger charge is -2.43. The van der Waals surface area contributed by atoms with E-state index in [-0.39, 0.29) is 5.04 Å². The van der Waals surface area contributed by atoms with Crippen molar-refractivity contribution in [3.05, 3.63) is 84.5 Å². The van der Waals surface area contributed by atoms with Crippen molar-refractivity contribution in [3.8, 4) is 0 Å². The standard InChI is InChI=1S/C23H28OSi/c1-23(2,3)25(21-15-9-5-10-16-21,22-17-11-6-12-18-22)24-19-20-13-7-4-8-14-20/h5-7,9-18H,4,8,19H2,1-3H3. The first-order valence-corrected chi connectivity index (χ1v) is 11.1. The highest BCUT2D eigenvalue weighted by molar-refractivity contribution is 6.99. The van der Waals surface area contributed by atoms with E-state index in [9.17, 15) is 0 Å². The molecular weight excluding hydrogens is 320 g/mol. The Morgan fingerprint density at radius 3 is 1.84 bits per heavy atom. The molecule has 0 unspecified atom stereocenters. The summed E-state index contributed by atoms with van der Waals surface area (Å²) in [6, 6.07) is 21.7. The fourth-order valence-electron chi connectivity index (χ4n) is 3.73. The van der Waals surface area contributed by atoms with Gasteiger partial charge in [-0.15, -0.1) is 0 Å². The smallest absolute Gasteiger partial charge is 0.261 e. The maximum atomic E-state index is 6.93. The Labute approximate surface area is 153 Å².